The highest BCUT2D eigenvalue weighted by Crippen LogP contribution is 2.24. The van der Waals surface area contributed by atoms with Gasteiger partial charge < -0.3 is 10.1 Å². The van der Waals surface area contributed by atoms with Crippen molar-refractivity contribution < 1.29 is 13.5 Å². The minimum absolute atomic E-state index is 0.0163. The molecule has 4 heteroatoms. The number of nitrogens with one attached hydrogen (secondary N) is 1. The normalized spacial score (nSPS) is 15.9. The molecular weight excluding hydrogens is 260 g/mol. The Kier molecular flexibility index (Phi) is 6.56. The lowest BCUT2D eigenvalue weighted by atomic mass is 9.88. The van der Waals surface area contributed by atoms with Crippen molar-refractivity contribution in [3.63, 3.8) is 0 Å². The van der Waals surface area contributed by atoms with Crippen molar-refractivity contribution in [2.45, 2.75) is 52.2 Å². The Bertz CT molecular complexity index is 425. The van der Waals surface area contributed by atoms with Crippen LogP contribution in [-0.2, 0) is 11.2 Å². The number of hydrogen-bond donors (Lipinski definition) is 1. The Balaban J connectivity index is 2.96. The van der Waals surface area contributed by atoms with E-state index in [0.717, 1.165) is 19.0 Å². The van der Waals surface area contributed by atoms with Gasteiger partial charge in [0.15, 0.2) is 0 Å². The third-order valence-corrected chi connectivity index (χ3v) is 3.80. The van der Waals surface area contributed by atoms with Crippen LogP contribution in [0.15, 0.2) is 18.2 Å². The number of hydrogen-bond acceptors (Lipinski definition) is 2. The summed E-state index contributed by atoms with van der Waals surface area (Å²) in [5.41, 5.74) is 0.141. The highest BCUT2D eigenvalue weighted by atomic mass is 19.1. The van der Waals surface area contributed by atoms with Crippen LogP contribution < -0.4 is 5.32 Å². The van der Waals surface area contributed by atoms with Crippen LogP contribution in [0.5, 0.6) is 0 Å². The second-order valence-corrected chi connectivity index (χ2v) is 5.15. The predicted molar refractivity (Wildman–Crippen MR) is 77.8 cm³/mol. The average Bonchev–Trinajstić information content (AvgIpc) is 2.41. The molecule has 0 saturated carbocycles. The van der Waals surface area contributed by atoms with Crippen LogP contribution in [-0.4, -0.2) is 24.8 Å². The summed E-state index contributed by atoms with van der Waals surface area (Å²) >= 11 is 0. The summed E-state index contributed by atoms with van der Waals surface area (Å²) in [7, 11) is 0. The van der Waals surface area contributed by atoms with Gasteiger partial charge in [0.25, 0.3) is 0 Å². The number of benzene rings is 1. The molecule has 1 aromatic rings. The lowest BCUT2D eigenvalue weighted by molar-refractivity contribution is -0.0548. The number of halogens is 2. The molecule has 2 atom stereocenters. The molecule has 114 valence electrons. The minimum atomic E-state index is -0.547. The molecule has 0 fully saturated rings. The second-order valence-electron chi connectivity index (χ2n) is 5.15. The van der Waals surface area contributed by atoms with E-state index in [4.69, 9.17) is 4.74 Å². The monoisotopic (exact) mass is 285 g/mol. The second kappa shape index (κ2) is 7.70. The van der Waals surface area contributed by atoms with Gasteiger partial charge in [-0.05, 0) is 44.9 Å². The van der Waals surface area contributed by atoms with Crippen LogP contribution in [0, 0.1) is 11.6 Å². The summed E-state index contributed by atoms with van der Waals surface area (Å²) < 4.78 is 32.7. The summed E-state index contributed by atoms with van der Waals surface area (Å²) in [5, 5.41) is 3.36. The smallest absolute Gasteiger partial charge is 0.129 e. The van der Waals surface area contributed by atoms with E-state index in [-0.39, 0.29) is 11.6 Å². The summed E-state index contributed by atoms with van der Waals surface area (Å²) in [6.07, 6.45) is 1.30. The van der Waals surface area contributed by atoms with Crippen molar-refractivity contribution in [3.05, 3.63) is 35.4 Å². The first kappa shape index (κ1) is 17.1. The van der Waals surface area contributed by atoms with E-state index < -0.39 is 11.6 Å². The van der Waals surface area contributed by atoms with Gasteiger partial charge in [0.05, 0.1) is 5.60 Å². The van der Waals surface area contributed by atoms with Gasteiger partial charge in [-0.3, -0.25) is 0 Å². The van der Waals surface area contributed by atoms with Gasteiger partial charge in [-0.2, -0.15) is 0 Å². The molecule has 0 aliphatic carbocycles. The molecule has 2 nitrogen and oxygen atoms in total. The van der Waals surface area contributed by atoms with Crippen molar-refractivity contribution in [3.8, 4) is 0 Å². The zero-order chi connectivity index (χ0) is 15.2. The van der Waals surface area contributed by atoms with E-state index in [1.54, 1.807) is 0 Å². The molecule has 1 rings (SSSR count). The highest BCUT2D eigenvalue weighted by Gasteiger charge is 2.33. The fourth-order valence-electron chi connectivity index (χ4n) is 2.44. The van der Waals surface area contributed by atoms with Gasteiger partial charge in [-0.1, -0.05) is 19.9 Å². The molecule has 0 amide bonds. The molecular formula is C16H25F2NO. The number of likely N-dealkylation sites (N-methyl/N-ethyl adjacent to an activating group) is 1. The summed E-state index contributed by atoms with van der Waals surface area (Å²) in [6.45, 7) is 9.44. The van der Waals surface area contributed by atoms with Crippen molar-refractivity contribution in [2.24, 2.45) is 0 Å². The number of rotatable bonds is 8. The SMILES string of the molecule is CCNC(Cc1ccc(F)cc1F)C(C)(CC)OCC. The fourth-order valence-corrected chi connectivity index (χ4v) is 2.44. The fraction of sp³-hybridized carbons (Fsp3) is 0.625. The molecule has 0 spiro atoms. The number of ether oxygens (including phenoxy) is 1. The molecule has 0 aromatic heterocycles. The molecule has 0 bridgehead atoms. The highest BCUT2D eigenvalue weighted by molar-refractivity contribution is 5.20. The Morgan fingerprint density at radius 1 is 1.25 bits per heavy atom. The van der Waals surface area contributed by atoms with Gasteiger partial charge in [-0.15, -0.1) is 0 Å². The van der Waals surface area contributed by atoms with E-state index in [9.17, 15) is 8.78 Å². The third kappa shape index (κ3) is 4.25. The molecule has 0 aliphatic rings. The molecule has 0 aliphatic heterocycles. The third-order valence-electron chi connectivity index (χ3n) is 3.80. The van der Waals surface area contributed by atoms with Crippen LogP contribution >= 0.6 is 0 Å². The summed E-state index contributed by atoms with van der Waals surface area (Å²) in [4.78, 5) is 0. The average molecular weight is 285 g/mol. The maximum Gasteiger partial charge on any atom is 0.129 e. The summed E-state index contributed by atoms with van der Waals surface area (Å²) in [5.74, 6) is -1.04. The molecule has 0 heterocycles. The first-order valence-electron chi connectivity index (χ1n) is 7.28. The van der Waals surface area contributed by atoms with E-state index in [0.29, 0.717) is 18.6 Å². The Morgan fingerprint density at radius 3 is 2.45 bits per heavy atom. The zero-order valence-electron chi connectivity index (χ0n) is 12.8. The molecule has 0 saturated heterocycles. The Labute approximate surface area is 120 Å². The lowest BCUT2D eigenvalue weighted by Gasteiger charge is -2.37. The quantitative estimate of drug-likeness (QED) is 0.786. The topological polar surface area (TPSA) is 21.3 Å². The van der Waals surface area contributed by atoms with E-state index >= 15 is 0 Å². The first-order valence-corrected chi connectivity index (χ1v) is 7.28. The molecule has 1 N–H and O–H groups in total. The molecule has 20 heavy (non-hydrogen) atoms. The Morgan fingerprint density at radius 2 is 1.95 bits per heavy atom. The van der Waals surface area contributed by atoms with Gasteiger partial charge in [0.2, 0.25) is 0 Å². The zero-order valence-corrected chi connectivity index (χ0v) is 12.8. The van der Waals surface area contributed by atoms with E-state index in [1.807, 2.05) is 20.8 Å². The van der Waals surface area contributed by atoms with Crippen molar-refractivity contribution in [1.29, 1.82) is 0 Å². The maximum absolute atomic E-state index is 13.8. The molecule has 2 unspecified atom stereocenters. The molecule has 0 radical (unpaired) electrons. The molecule has 1 aromatic carbocycles. The van der Waals surface area contributed by atoms with Gasteiger partial charge >= 0.3 is 0 Å². The predicted octanol–water partition coefficient (Wildman–Crippen LogP) is 3.69. The van der Waals surface area contributed by atoms with Gasteiger partial charge in [0, 0.05) is 18.7 Å². The van der Waals surface area contributed by atoms with Crippen molar-refractivity contribution in [2.75, 3.05) is 13.2 Å². The minimum Gasteiger partial charge on any atom is -0.374 e. The largest absolute Gasteiger partial charge is 0.374 e. The van der Waals surface area contributed by atoms with Crippen LogP contribution in [0.4, 0.5) is 8.78 Å². The van der Waals surface area contributed by atoms with Crippen LogP contribution in [0.2, 0.25) is 0 Å². The van der Waals surface area contributed by atoms with Crippen LogP contribution in [0.3, 0.4) is 0 Å². The van der Waals surface area contributed by atoms with Crippen molar-refractivity contribution >= 4 is 0 Å². The van der Waals surface area contributed by atoms with Crippen LogP contribution in [0.25, 0.3) is 0 Å². The lowest BCUT2D eigenvalue weighted by Crippen LogP contribution is -2.51. The standard InChI is InChI=1S/C16H25F2NO/c1-5-16(4,20-7-3)15(19-6-2)10-12-8-9-13(17)11-14(12)18/h8-9,11,15,19H,5-7,10H2,1-4H3. The first-order chi connectivity index (χ1) is 9.46. The van der Waals surface area contributed by atoms with Gasteiger partial charge in [-0.25, -0.2) is 8.78 Å². The van der Waals surface area contributed by atoms with Crippen molar-refractivity contribution in [1.82, 2.24) is 5.32 Å². The Hall–Kier alpha value is -1.00. The van der Waals surface area contributed by atoms with Crippen LogP contribution in [0.1, 0.15) is 39.7 Å². The maximum atomic E-state index is 13.8. The summed E-state index contributed by atoms with van der Waals surface area (Å²) in [6, 6.07) is 3.72. The van der Waals surface area contributed by atoms with E-state index in [2.05, 4.69) is 12.2 Å². The van der Waals surface area contributed by atoms with Gasteiger partial charge in [0.1, 0.15) is 11.6 Å². The van der Waals surface area contributed by atoms with E-state index in [1.165, 1.54) is 12.1 Å².